The fraction of sp³-hybridized carbons (Fsp3) is 0.500. The van der Waals surface area contributed by atoms with Crippen LogP contribution in [0.15, 0.2) is 42.5 Å². The molecule has 5 heteroatoms. The highest BCUT2D eigenvalue weighted by atomic mass is 16.5. The second kappa shape index (κ2) is 10.4. The van der Waals surface area contributed by atoms with Crippen LogP contribution < -0.4 is 9.64 Å². The van der Waals surface area contributed by atoms with Crippen LogP contribution in [-0.2, 0) is 6.42 Å². The molecule has 1 aliphatic carbocycles. The third-order valence-electron chi connectivity index (χ3n) is 8.58. The van der Waals surface area contributed by atoms with E-state index in [-0.39, 0.29) is 5.91 Å². The SMILES string of the molecule is CCCCN(C(=O)c1cc(N2CCC(C)C2)nc2ccc(-c3ccc4c(c3)OCC4)cc12)C1CCCC1. The number of anilines is 1. The number of aromatic nitrogens is 1. The Morgan fingerprint density at radius 1 is 1.08 bits per heavy atom. The van der Waals surface area contributed by atoms with E-state index in [1.807, 2.05) is 0 Å². The van der Waals surface area contributed by atoms with Crippen LogP contribution in [0.2, 0.25) is 0 Å². The normalized spacial score (nSPS) is 19.4. The van der Waals surface area contributed by atoms with Gasteiger partial charge in [-0.3, -0.25) is 4.79 Å². The van der Waals surface area contributed by atoms with Crippen LogP contribution in [0.25, 0.3) is 22.0 Å². The summed E-state index contributed by atoms with van der Waals surface area (Å²) >= 11 is 0. The van der Waals surface area contributed by atoms with E-state index < -0.39 is 0 Å². The van der Waals surface area contributed by atoms with Crippen LogP contribution in [0.4, 0.5) is 5.82 Å². The molecule has 0 N–H and O–H groups in total. The number of pyridine rings is 1. The first-order valence-corrected chi connectivity index (χ1v) is 14.4. The Hall–Kier alpha value is -3.08. The van der Waals surface area contributed by atoms with Crippen molar-refractivity contribution in [1.29, 1.82) is 0 Å². The number of carbonyl (C=O) groups excluding carboxylic acids is 1. The Morgan fingerprint density at radius 3 is 2.68 bits per heavy atom. The van der Waals surface area contributed by atoms with Crippen molar-refractivity contribution in [2.24, 2.45) is 5.92 Å². The van der Waals surface area contributed by atoms with Crippen molar-refractivity contribution in [2.75, 3.05) is 31.1 Å². The van der Waals surface area contributed by atoms with Crippen LogP contribution in [0.3, 0.4) is 0 Å². The van der Waals surface area contributed by atoms with Crippen molar-refractivity contribution in [3.05, 3.63) is 53.6 Å². The van der Waals surface area contributed by atoms with Gasteiger partial charge in [-0.05, 0) is 72.6 Å². The molecule has 1 saturated carbocycles. The second-order valence-corrected chi connectivity index (χ2v) is 11.3. The van der Waals surface area contributed by atoms with Crippen molar-refractivity contribution in [1.82, 2.24) is 9.88 Å². The van der Waals surface area contributed by atoms with E-state index in [0.717, 1.165) is 97.5 Å². The van der Waals surface area contributed by atoms with E-state index in [9.17, 15) is 4.79 Å². The van der Waals surface area contributed by atoms with Crippen LogP contribution in [0.5, 0.6) is 5.75 Å². The molecule has 1 atom stereocenters. The first-order valence-electron chi connectivity index (χ1n) is 14.4. The number of fused-ring (bicyclic) bond motifs is 2. The van der Waals surface area contributed by atoms with Crippen LogP contribution >= 0.6 is 0 Å². The molecule has 1 aromatic heterocycles. The molecule has 6 rings (SSSR count). The number of ether oxygens (including phenoxy) is 1. The van der Waals surface area contributed by atoms with Crippen molar-refractivity contribution in [3.8, 4) is 16.9 Å². The molecule has 0 spiro atoms. The zero-order chi connectivity index (χ0) is 25.4. The first kappa shape index (κ1) is 24.3. The minimum Gasteiger partial charge on any atom is -0.493 e. The smallest absolute Gasteiger partial charge is 0.254 e. The largest absolute Gasteiger partial charge is 0.493 e. The van der Waals surface area contributed by atoms with E-state index in [1.165, 1.54) is 24.8 Å². The summed E-state index contributed by atoms with van der Waals surface area (Å²) in [6.07, 6.45) is 8.97. The van der Waals surface area contributed by atoms with Gasteiger partial charge < -0.3 is 14.5 Å². The Bertz CT molecular complexity index is 1300. The molecule has 2 fully saturated rings. The van der Waals surface area contributed by atoms with Gasteiger partial charge in [-0.2, -0.15) is 0 Å². The summed E-state index contributed by atoms with van der Waals surface area (Å²) in [5, 5.41) is 0.958. The highest BCUT2D eigenvalue weighted by Gasteiger charge is 2.30. The minimum absolute atomic E-state index is 0.177. The quantitative estimate of drug-likeness (QED) is 0.357. The lowest BCUT2D eigenvalue weighted by molar-refractivity contribution is 0.0680. The molecule has 2 aliphatic heterocycles. The van der Waals surface area contributed by atoms with E-state index in [1.54, 1.807) is 0 Å². The lowest BCUT2D eigenvalue weighted by atomic mass is 9.98. The summed E-state index contributed by atoms with van der Waals surface area (Å²) in [5.41, 5.74) is 5.21. The van der Waals surface area contributed by atoms with Gasteiger partial charge in [-0.25, -0.2) is 4.98 Å². The van der Waals surface area contributed by atoms with Gasteiger partial charge in [0.25, 0.3) is 5.91 Å². The number of hydrogen-bond donors (Lipinski definition) is 0. The standard InChI is InChI=1S/C32H39N3O2/c1-3-4-15-35(26-7-5-6-8-26)32(36)28-20-31(34-16-13-22(2)21-34)33-29-12-11-24(18-27(28)29)25-10-9-23-14-17-37-30(23)19-25/h9-12,18-20,22,26H,3-8,13-17,21H2,1-2H3. The van der Waals surface area contributed by atoms with E-state index in [2.05, 4.69) is 66.1 Å². The molecule has 1 amide bonds. The number of nitrogens with zero attached hydrogens (tertiary/aromatic N) is 3. The maximum absolute atomic E-state index is 14.3. The zero-order valence-electron chi connectivity index (χ0n) is 22.3. The van der Waals surface area contributed by atoms with Crippen LogP contribution in [0.1, 0.15) is 74.7 Å². The first-order chi connectivity index (χ1) is 18.1. The molecule has 3 aliphatic rings. The molecule has 3 heterocycles. The Balaban J connectivity index is 1.45. The highest BCUT2D eigenvalue weighted by Crippen LogP contribution is 2.35. The van der Waals surface area contributed by atoms with E-state index in [4.69, 9.17) is 9.72 Å². The molecule has 0 bridgehead atoms. The number of hydrogen-bond acceptors (Lipinski definition) is 4. The van der Waals surface area contributed by atoms with Crippen molar-refractivity contribution < 1.29 is 9.53 Å². The number of carbonyl (C=O) groups is 1. The van der Waals surface area contributed by atoms with Crippen molar-refractivity contribution >= 4 is 22.6 Å². The number of unbranched alkanes of at least 4 members (excludes halogenated alkanes) is 1. The van der Waals surface area contributed by atoms with Gasteiger partial charge in [0, 0.05) is 37.5 Å². The molecule has 5 nitrogen and oxygen atoms in total. The average Bonchev–Trinajstić information content (AvgIpc) is 3.70. The monoisotopic (exact) mass is 497 g/mol. The predicted molar refractivity (Wildman–Crippen MR) is 151 cm³/mol. The topological polar surface area (TPSA) is 45.7 Å². The zero-order valence-corrected chi connectivity index (χ0v) is 22.3. The van der Waals surface area contributed by atoms with Gasteiger partial charge in [-0.15, -0.1) is 0 Å². The van der Waals surface area contributed by atoms with Gasteiger partial charge in [0.15, 0.2) is 0 Å². The fourth-order valence-electron chi connectivity index (χ4n) is 6.37. The summed E-state index contributed by atoms with van der Waals surface area (Å²) in [7, 11) is 0. The maximum atomic E-state index is 14.3. The molecular formula is C32H39N3O2. The Morgan fingerprint density at radius 2 is 1.89 bits per heavy atom. The van der Waals surface area contributed by atoms with E-state index >= 15 is 0 Å². The lowest BCUT2D eigenvalue weighted by Crippen LogP contribution is -2.39. The summed E-state index contributed by atoms with van der Waals surface area (Å²) in [6.45, 7) is 8.10. The van der Waals surface area contributed by atoms with Gasteiger partial charge in [0.1, 0.15) is 11.6 Å². The van der Waals surface area contributed by atoms with Crippen molar-refractivity contribution in [3.63, 3.8) is 0 Å². The maximum Gasteiger partial charge on any atom is 0.254 e. The van der Waals surface area contributed by atoms with Gasteiger partial charge in [0.05, 0.1) is 17.7 Å². The highest BCUT2D eigenvalue weighted by molar-refractivity contribution is 6.08. The molecule has 3 aromatic rings. The summed E-state index contributed by atoms with van der Waals surface area (Å²) < 4.78 is 5.84. The molecule has 0 radical (unpaired) electrons. The number of rotatable bonds is 7. The molecule has 1 saturated heterocycles. The predicted octanol–water partition coefficient (Wildman–Crippen LogP) is 6.87. The molecule has 37 heavy (non-hydrogen) atoms. The van der Waals surface area contributed by atoms with E-state index in [0.29, 0.717) is 12.0 Å². The van der Waals surface area contributed by atoms with Crippen LogP contribution in [-0.4, -0.2) is 48.1 Å². The Kier molecular flexibility index (Phi) is 6.79. The molecule has 194 valence electrons. The summed E-state index contributed by atoms with van der Waals surface area (Å²) in [5.74, 6) is 2.76. The Labute approximate surface area is 220 Å². The summed E-state index contributed by atoms with van der Waals surface area (Å²) in [4.78, 5) is 24.0. The number of benzene rings is 2. The van der Waals surface area contributed by atoms with Crippen LogP contribution in [0, 0.1) is 5.92 Å². The third kappa shape index (κ3) is 4.81. The van der Waals surface area contributed by atoms with Gasteiger partial charge >= 0.3 is 0 Å². The second-order valence-electron chi connectivity index (χ2n) is 11.3. The van der Waals surface area contributed by atoms with Crippen molar-refractivity contribution in [2.45, 2.75) is 71.3 Å². The third-order valence-corrected chi connectivity index (χ3v) is 8.58. The fourth-order valence-corrected chi connectivity index (χ4v) is 6.37. The number of amides is 1. The van der Waals surface area contributed by atoms with Gasteiger partial charge in [-0.1, -0.05) is 51.3 Å². The minimum atomic E-state index is 0.177. The summed E-state index contributed by atoms with van der Waals surface area (Å²) in [6, 6.07) is 15.4. The average molecular weight is 498 g/mol. The molecule has 1 unspecified atom stereocenters. The van der Waals surface area contributed by atoms with Gasteiger partial charge in [0.2, 0.25) is 0 Å². The lowest BCUT2D eigenvalue weighted by Gasteiger charge is -2.30. The molecular weight excluding hydrogens is 458 g/mol. The molecule has 2 aromatic carbocycles.